The van der Waals surface area contributed by atoms with Crippen molar-refractivity contribution in [3.63, 3.8) is 0 Å². The lowest BCUT2D eigenvalue weighted by Crippen LogP contribution is -2.12. The molecule has 0 radical (unpaired) electrons. The van der Waals surface area contributed by atoms with Crippen LogP contribution in [0.15, 0.2) is 45.9 Å². The first-order chi connectivity index (χ1) is 8.24. The number of pyridine rings is 2. The van der Waals surface area contributed by atoms with Crippen LogP contribution in [-0.4, -0.2) is 9.97 Å². The smallest absolute Gasteiger partial charge is 0.106 e. The zero-order valence-corrected chi connectivity index (χ0v) is 12.2. The molecule has 2 aromatic heterocycles. The van der Waals surface area contributed by atoms with E-state index in [1.54, 1.807) is 12.4 Å². The number of rotatable bonds is 4. The summed E-state index contributed by atoms with van der Waals surface area (Å²) in [6.07, 6.45) is 3.59. The number of hydrogen-bond donors (Lipinski definition) is 1. The topological polar surface area (TPSA) is 37.8 Å². The van der Waals surface area contributed by atoms with Crippen molar-refractivity contribution in [3.8, 4) is 0 Å². The summed E-state index contributed by atoms with van der Waals surface area (Å²) in [5.41, 5.74) is 2.42. The van der Waals surface area contributed by atoms with Gasteiger partial charge in [0.2, 0.25) is 0 Å². The van der Waals surface area contributed by atoms with Crippen molar-refractivity contribution in [2.75, 3.05) is 0 Å². The quantitative estimate of drug-likeness (QED) is 0.854. The van der Waals surface area contributed by atoms with Crippen molar-refractivity contribution in [3.05, 3.63) is 57.0 Å². The minimum absolute atomic E-state index is 0.820. The minimum atomic E-state index is 0.820. The van der Waals surface area contributed by atoms with Crippen LogP contribution in [0.1, 0.15) is 11.1 Å². The third-order valence-electron chi connectivity index (χ3n) is 2.24. The molecule has 0 aliphatic carbocycles. The van der Waals surface area contributed by atoms with Crippen LogP contribution in [0.25, 0.3) is 0 Å². The van der Waals surface area contributed by atoms with E-state index >= 15 is 0 Å². The number of nitrogens with one attached hydrogen (secondary N) is 1. The van der Waals surface area contributed by atoms with Gasteiger partial charge in [-0.05, 0) is 67.3 Å². The van der Waals surface area contributed by atoms with Crippen molar-refractivity contribution in [1.82, 2.24) is 15.3 Å². The van der Waals surface area contributed by atoms with Gasteiger partial charge in [0.15, 0.2) is 0 Å². The summed E-state index contributed by atoms with van der Waals surface area (Å²) >= 11 is 6.71. The highest BCUT2D eigenvalue weighted by atomic mass is 79.9. The molecule has 0 saturated carbocycles. The van der Waals surface area contributed by atoms with Gasteiger partial charge in [0.25, 0.3) is 0 Å². The zero-order chi connectivity index (χ0) is 12.1. The van der Waals surface area contributed by atoms with Crippen LogP contribution in [0.5, 0.6) is 0 Å². The summed E-state index contributed by atoms with van der Waals surface area (Å²) in [6.45, 7) is 1.64. The largest absolute Gasteiger partial charge is 0.309 e. The maximum absolute atomic E-state index is 4.09. The van der Waals surface area contributed by atoms with E-state index in [0.717, 1.165) is 22.3 Å². The van der Waals surface area contributed by atoms with Gasteiger partial charge in [-0.3, -0.25) is 0 Å². The van der Waals surface area contributed by atoms with E-state index in [-0.39, 0.29) is 0 Å². The predicted octanol–water partition coefficient (Wildman–Crippen LogP) is 3.29. The molecule has 0 atom stereocenters. The molecule has 0 saturated heterocycles. The first-order valence-electron chi connectivity index (χ1n) is 5.15. The van der Waals surface area contributed by atoms with Gasteiger partial charge in [0, 0.05) is 25.5 Å². The van der Waals surface area contributed by atoms with E-state index in [1.807, 2.05) is 24.3 Å². The lowest BCUT2D eigenvalue weighted by atomic mass is 10.2. The highest BCUT2D eigenvalue weighted by Gasteiger charge is 1.97. The molecule has 0 spiro atoms. The van der Waals surface area contributed by atoms with Crippen LogP contribution < -0.4 is 5.32 Å². The van der Waals surface area contributed by atoms with Gasteiger partial charge in [-0.2, -0.15) is 0 Å². The van der Waals surface area contributed by atoms with E-state index < -0.39 is 0 Å². The van der Waals surface area contributed by atoms with Crippen molar-refractivity contribution in [2.45, 2.75) is 13.1 Å². The van der Waals surface area contributed by atoms with Gasteiger partial charge in [0.1, 0.15) is 9.21 Å². The van der Waals surface area contributed by atoms with Gasteiger partial charge in [-0.15, -0.1) is 0 Å². The first-order valence-corrected chi connectivity index (χ1v) is 6.74. The lowest BCUT2D eigenvalue weighted by Gasteiger charge is -2.05. The molecule has 1 N–H and O–H groups in total. The van der Waals surface area contributed by atoms with Crippen molar-refractivity contribution in [2.24, 2.45) is 0 Å². The van der Waals surface area contributed by atoms with Crippen LogP contribution in [0.4, 0.5) is 0 Å². The minimum Gasteiger partial charge on any atom is -0.309 e. The standard InChI is InChI=1S/C12H11Br2N3/c13-11-5-9(1-3-16-11)7-15-8-10-2-4-17-12(14)6-10/h1-6,15H,7-8H2. The fraction of sp³-hybridized carbons (Fsp3) is 0.167. The third kappa shape index (κ3) is 4.18. The van der Waals surface area contributed by atoms with E-state index in [1.165, 1.54) is 11.1 Å². The third-order valence-corrected chi connectivity index (χ3v) is 3.11. The fourth-order valence-electron chi connectivity index (χ4n) is 1.46. The van der Waals surface area contributed by atoms with Crippen LogP contribution in [0.2, 0.25) is 0 Å². The van der Waals surface area contributed by atoms with Crippen LogP contribution in [0, 0.1) is 0 Å². The molecule has 5 heteroatoms. The van der Waals surface area contributed by atoms with Crippen molar-refractivity contribution < 1.29 is 0 Å². The average Bonchev–Trinajstić information content (AvgIpc) is 2.29. The molecular formula is C12H11Br2N3. The molecule has 0 bridgehead atoms. The fourth-order valence-corrected chi connectivity index (χ4v) is 2.28. The maximum atomic E-state index is 4.09. The van der Waals surface area contributed by atoms with E-state index in [9.17, 15) is 0 Å². The molecule has 0 aliphatic heterocycles. The molecule has 2 aromatic rings. The van der Waals surface area contributed by atoms with Crippen LogP contribution in [-0.2, 0) is 13.1 Å². The average molecular weight is 357 g/mol. The van der Waals surface area contributed by atoms with Gasteiger partial charge in [0.05, 0.1) is 0 Å². The Balaban J connectivity index is 1.87. The SMILES string of the molecule is Brc1cc(CNCc2ccnc(Br)c2)ccn1. The van der Waals surface area contributed by atoms with Gasteiger partial charge >= 0.3 is 0 Å². The Labute approximate surface area is 117 Å². The van der Waals surface area contributed by atoms with E-state index in [0.29, 0.717) is 0 Å². The summed E-state index contributed by atoms with van der Waals surface area (Å²) in [4.78, 5) is 8.18. The Hall–Kier alpha value is -0.780. The summed E-state index contributed by atoms with van der Waals surface area (Å²) in [5, 5.41) is 3.38. The lowest BCUT2D eigenvalue weighted by molar-refractivity contribution is 0.691. The molecule has 88 valence electrons. The van der Waals surface area contributed by atoms with Crippen molar-refractivity contribution in [1.29, 1.82) is 0 Å². The Bertz CT molecular complexity index is 457. The molecular weight excluding hydrogens is 346 g/mol. The Kier molecular flexibility index (Phi) is 4.65. The second-order valence-electron chi connectivity index (χ2n) is 3.58. The molecule has 3 nitrogen and oxygen atoms in total. The van der Waals surface area contributed by atoms with E-state index in [4.69, 9.17) is 0 Å². The second-order valence-corrected chi connectivity index (χ2v) is 5.20. The number of hydrogen-bond acceptors (Lipinski definition) is 3. The van der Waals surface area contributed by atoms with Crippen LogP contribution in [0.3, 0.4) is 0 Å². The molecule has 0 amide bonds. The first kappa shape index (κ1) is 12.7. The highest BCUT2D eigenvalue weighted by molar-refractivity contribution is 9.10. The monoisotopic (exact) mass is 355 g/mol. The number of halogens is 2. The van der Waals surface area contributed by atoms with Crippen LogP contribution >= 0.6 is 31.9 Å². The Morgan fingerprint density at radius 3 is 1.76 bits per heavy atom. The molecule has 0 unspecified atom stereocenters. The number of aromatic nitrogens is 2. The maximum Gasteiger partial charge on any atom is 0.106 e. The molecule has 2 rings (SSSR count). The summed E-state index contributed by atoms with van der Waals surface area (Å²) in [6, 6.07) is 8.02. The zero-order valence-electron chi connectivity index (χ0n) is 9.03. The molecule has 0 aliphatic rings. The van der Waals surface area contributed by atoms with Gasteiger partial charge in [-0.1, -0.05) is 0 Å². The summed E-state index contributed by atoms with van der Waals surface area (Å²) < 4.78 is 1.73. The van der Waals surface area contributed by atoms with Gasteiger partial charge in [-0.25, -0.2) is 9.97 Å². The second kappa shape index (κ2) is 6.23. The predicted molar refractivity (Wildman–Crippen MR) is 74.4 cm³/mol. The van der Waals surface area contributed by atoms with E-state index in [2.05, 4.69) is 47.1 Å². The molecule has 0 fully saturated rings. The summed E-state index contributed by atoms with van der Waals surface area (Å²) in [7, 11) is 0. The molecule has 0 aromatic carbocycles. The molecule has 2 heterocycles. The highest BCUT2D eigenvalue weighted by Crippen LogP contribution is 2.09. The normalized spacial score (nSPS) is 10.5. The van der Waals surface area contributed by atoms with Crippen molar-refractivity contribution >= 4 is 31.9 Å². The Morgan fingerprint density at radius 1 is 0.882 bits per heavy atom. The van der Waals surface area contributed by atoms with Gasteiger partial charge < -0.3 is 5.32 Å². The number of nitrogens with zero attached hydrogens (tertiary/aromatic N) is 2. The Morgan fingerprint density at radius 2 is 1.35 bits per heavy atom. The molecule has 17 heavy (non-hydrogen) atoms. The summed E-state index contributed by atoms with van der Waals surface area (Å²) in [5.74, 6) is 0.